The molecule has 0 radical (unpaired) electrons. The lowest BCUT2D eigenvalue weighted by atomic mass is 9.96. The number of thiocarbonyl (C=S) groups is 1. The predicted molar refractivity (Wildman–Crippen MR) is 143 cm³/mol. The highest BCUT2D eigenvalue weighted by Crippen LogP contribution is 2.21. The molecule has 3 N–H and O–H groups in total. The van der Waals surface area contributed by atoms with Gasteiger partial charge in [-0.25, -0.2) is 13.1 Å². The van der Waals surface area contributed by atoms with Gasteiger partial charge in [0, 0.05) is 11.7 Å². The van der Waals surface area contributed by atoms with Crippen LogP contribution in [0.5, 0.6) is 5.75 Å². The van der Waals surface area contributed by atoms with Crippen LogP contribution in [0.4, 0.5) is 5.69 Å². The molecule has 2 aromatic carbocycles. The number of hydrogen-bond acceptors (Lipinski definition) is 5. The summed E-state index contributed by atoms with van der Waals surface area (Å²) in [7, 11) is -3.57. The number of carbonyl (C=O) groups excluding carboxylic acids is 1. The molecule has 2 aromatic rings. The minimum atomic E-state index is -3.57. The first kappa shape index (κ1) is 27.1. The molecule has 1 aliphatic carbocycles. The molecule has 0 aromatic heterocycles. The van der Waals surface area contributed by atoms with E-state index in [4.69, 9.17) is 17.0 Å². The summed E-state index contributed by atoms with van der Waals surface area (Å²) in [4.78, 5) is 13.0. The summed E-state index contributed by atoms with van der Waals surface area (Å²) in [6.07, 6.45) is 9.35. The van der Waals surface area contributed by atoms with E-state index in [1.807, 2.05) is 6.07 Å². The number of hydrogen-bond donors (Lipinski definition) is 3. The number of nitrogens with one attached hydrogen (secondary N) is 3. The van der Waals surface area contributed by atoms with Crippen molar-refractivity contribution in [3.63, 3.8) is 0 Å². The van der Waals surface area contributed by atoms with Crippen LogP contribution in [0, 0.1) is 0 Å². The first-order valence-electron chi connectivity index (χ1n) is 12.4. The van der Waals surface area contributed by atoms with E-state index >= 15 is 0 Å². The quantitative estimate of drug-likeness (QED) is 0.273. The zero-order chi connectivity index (χ0) is 25.1. The minimum absolute atomic E-state index is 0.00228. The molecule has 0 atom stereocenters. The lowest BCUT2D eigenvalue weighted by Crippen LogP contribution is -2.36. The van der Waals surface area contributed by atoms with Crippen LogP contribution in [0.3, 0.4) is 0 Å². The van der Waals surface area contributed by atoms with Gasteiger partial charge in [-0.05, 0) is 67.9 Å². The van der Waals surface area contributed by atoms with E-state index in [2.05, 4.69) is 22.3 Å². The number of carbonyl (C=O) groups is 1. The summed E-state index contributed by atoms with van der Waals surface area (Å²) < 4.78 is 34.0. The van der Waals surface area contributed by atoms with E-state index in [-0.39, 0.29) is 22.0 Å². The van der Waals surface area contributed by atoms with Gasteiger partial charge in [0.05, 0.1) is 17.1 Å². The molecule has 1 aliphatic rings. The molecule has 35 heavy (non-hydrogen) atoms. The fraction of sp³-hybridized carbons (Fsp3) is 0.462. The fourth-order valence-electron chi connectivity index (χ4n) is 4.05. The van der Waals surface area contributed by atoms with E-state index in [0.717, 1.165) is 57.8 Å². The predicted octanol–water partition coefficient (Wildman–Crippen LogP) is 5.38. The van der Waals surface area contributed by atoms with Crippen LogP contribution in [0.15, 0.2) is 53.4 Å². The highest BCUT2D eigenvalue weighted by Gasteiger charge is 2.22. The van der Waals surface area contributed by atoms with Gasteiger partial charge in [0.15, 0.2) is 5.11 Å². The van der Waals surface area contributed by atoms with Crippen LogP contribution in [0.25, 0.3) is 0 Å². The SMILES string of the molecule is CCCCCCOc1ccccc1C(=O)NC(=S)Nc1ccc(S(=O)(=O)NC2CCCCC2)cc1. The molecule has 0 heterocycles. The van der Waals surface area contributed by atoms with Gasteiger partial charge >= 0.3 is 0 Å². The number of sulfonamides is 1. The first-order chi connectivity index (χ1) is 16.9. The van der Waals surface area contributed by atoms with Crippen molar-refractivity contribution < 1.29 is 17.9 Å². The minimum Gasteiger partial charge on any atom is -0.493 e. The van der Waals surface area contributed by atoms with Crippen molar-refractivity contribution in [2.75, 3.05) is 11.9 Å². The van der Waals surface area contributed by atoms with Crippen LogP contribution in [0.1, 0.15) is 75.1 Å². The number of anilines is 1. The summed E-state index contributed by atoms with van der Waals surface area (Å²) in [5, 5.41) is 5.71. The molecule has 3 rings (SSSR count). The second kappa shape index (κ2) is 13.6. The van der Waals surface area contributed by atoms with Gasteiger partial charge in [-0.1, -0.05) is 57.6 Å². The van der Waals surface area contributed by atoms with Gasteiger partial charge in [-0.3, -0.25) is 10.1 Å². The van der Waals surface area contributed by atoms with Crippen molar-refractivity contribution in [2.45, 2.75) is 75.6 Å². The molecule has 9 heteroatoms. The Kier molecular flexibility index (Phi) is 10.5. The Labute approximate surface area is 214 Å². The largest absolute Gasteiger partial charge is 0.493 e. The molecule has 7 nitrogen and oxygen atoms in total. The normalized spacial score (nSPS) is 14.3. The Balaban J connectivity index is 1.53. The van der Waals surface area contributed by atoms with Crippen LogP contribution < -0.4 is 20.1 Å². The zero-order valence-electron chi connectivity index (χ0n) is 20.2. The number of amides is 1. The number of para-hydroxylation sites is 1. The van der Waals surface area contributed by atoms with Gasteiger partial charge < -0.3 is 10.1 Å². The molecule has 0 saturated heterocycles. The lowest BCUT2D eigenvalue weighted by molar-refractivity contribution is 0.0973. The van der Waals surface area contributed by atoms with Gasteiger partial charge in [-0.2, -0.15) is 0 Å². The number of unbranched alkanes of at least 4 members (excludes halogenated alkanes) is 3. The molecule has 0 bridgehead atoms. The Bertz CT molecular complexity index is 1080. The van der Waals surface area contributed by atoms with Gasteiger partial charge in [-0.15, -0.1) is 0 Å². The molecule has 1 fully saturated rings. The third-order valence-corrected chi connectivity index (χ3v) is 7.70. The highest BCUT2D eigenvalue weighted by molar-refractivity contribution is 7.89. The Morgan fingerprint density at radius 3 is 2.43 bits per heavy atom. The Hall–Kier alpha value is -2.49. The average molecular weight is 518 g/mol. The zero-order valence-corrected chi connectivity index (χ0v) is 21.8. The van der Waals surface area contributed by atoms with Gasteiger partial charge in [0.1, 0.15) is 5.75 Å². The monoisotopic (exact) mass is 517 g/mol. The van der Waals surface area contributed by atoms with Gasteiger partial charge in [0.2, 0.25) is 10.0 Å². The van der Waals surface area contributed by atoms with E-state index in [1.54, 1.807) is 30.3 Å². The molecule has 0 aliphatic heterocycles. The molecular formula is C26H35N3O4S2. The summed E-state index contributed by atoms with van der Waals surface area (Å²) in [5.41, 5.74) is 0.981. The second-order valence-corrected chi connectivity index (χ2v) is 10.9. The van der Waals surface area contributed by atoms with Crippen molar-refractivity contribution in [3.8, 4) is 5.75 Å². The Morgan fingerprint density at radius 2 is 1.71 bits per heavy atom. The maximum Gasteiger partial charge on any atom is 0.261 e. The molecule has 1 amide bonds. The van der Waals surface area contributed by atoms with E-state index in [1.165, 1.54) is 12.1 Å². The fourth-order valence-corrected chi connectivity index (χ4v) is 5.56. The van der Waals surface area contributed by atoms with Gasteiger partial charge in [0.25, 0.3) is 5.91 Å². The third-order valence-electron chi connectivity index (χ3n) is 5.96. The molecule has 0 spiro atoms. The van der Waals surface area contributed by atoms with Crippen molar-refractivity contribution in [1.82, 2.24) is 10.0 Å². The van der Waals surface area contributed by atoms with Crippen molar-refractivity contribution in [1.29, 1.82) is 0 Å². The van der Waals surface area contributed by atoms with Crippen LogP contribution in [-0.4, -0.2) is 32.1 Å². The number of rotatable bonds is 11. The molecule has 1 saturated carbocycles. The summed E-state index contributed by atoms with van der Waals surface area (Å²) in [5.74, 6) is 0.145. The standard InChI is InChI=1S/C26H35N3O4S2/c1-2-3-4-10-19-33-24-14-9-8-13-23(24)25(30)28-26(34)27-20-15-17-22(18-16-20)35(31,32)29-21-11-6-5-7-12-21/h8-9,13-18,21,29H,2-7,10-12,19H2,1H3,(H2,27,28,30,34). The van der Waals surface area contributed by atoms with Crippen molar-refractivity contribution in [2.24, 2.45) is 0 Å². The Morgan fingerprint density at radius 1 is 1.00 bits per heavy atom. The lowest BCUT2D eigenvalue weighted by Gasteiger charge is -2.22. The molecule has 190 valence electrons. The summed E-state index contributed by atoms with van der Waals surface area (Å²) >= 11 is 5.29. The number of benzene rings is 2. The van der Waals surface area contributed by atoms with E-state index in [0.29, 0.717) is 23.6 Å². The molecular weight excluding hydrogens is 482 g/mol. The topological polar surface area (TPSA) is 96.5 Å². The maximum atomic E-state index is 12.8. The van der Waals surface area contributed by atoms with Crippen molar-refractivity contribution in [3.05, 3.63) is 54.1 Å². The third kappa shape index (κ3) is 8.59. The van der Waals surface area contributed by atoms with Crippen LogP contribution in [-0.2, 0) is 10.0 Å². The maximum absolute atomic E-state index is 12.8. The smallest absolute Gasteiger partial charge is 0.261 e. The summed E-state index contributed by atoms with van der Waals surface area (Å²) in [6.45, 7) is 2.71. The van der Waals surface area contributed by atoms with Crippen LogP contribution >= 0.6 is 12.2 Å². The molecule has 0 unspecified atom stereocenters. The first-order valence-corrected chi connectivity index (χ1v) is 14.2. The second-order valence-electron chi connectivity index (χ2n) is 8.79. The van der Waals surface area contributed by atoms with Crippen molar-refractivity contribution >= 4 is 38.9 Å². The highest BCUT2D eigenvalue weighted by atomic mass is 32.2. The average Bonchev–Trinajstić information content (AvgIpc) is 2.85. The van der Waals surface area contributed by atoms with Crippen LogP contribution in [0.2, 0.25) is 0 Å². The van der Waals surface area contributed by atoms with E-state index in [9.17, 15) is 13.2 Å². The summed E-state index contributed by atoms with van der Waals surface area (Å²) in [6, 6.07) is 13.4. The number of ether oxygens (including phenoxy) is 1. The van der Waals surface area contributed by atoms with E-state index < -0.39 is 10.0 Å².